The maximum absolute atomic E-state index is 13.4. The van der Waals surface area contributed by atoms with Crippen molar-refractivity contribution in [1.29, 1.82) is 0 Å². The van der Waals surface area contributed by atoms with Gasteiger partial charge in [0.2, 0.25) is 11.9 Å². The van der Waals surface area contributed by atoms with E-state index in [2.05, 4.69) is 71.8 Å². The molecular formula is C37H46N8O4. The minimum absolute atomic E-state index is 0.225. The van der Waals surface area contributed by atoms with Crippen LogP contribution in [-0.4, -0.2) is 84.7 Å². The van der Waals surface area contributed by atoms with Gasteiger partial charge >= 0.3 is 5.97 Å². The van der Waals surface area contributed by atoms with Crippen LogP contribution in [0, 0.1) is 11.8 Å². The Labute approximate surface area is 288 Å². The van der Waals surface area contributed by atoms with Gasteiger partial charge in [-0.25, -0.2) is 14.8 Å². The number of methoxy groups -OCH3 is 1. The molecule has 12 nitrogen and oxygen atoms in total. The van der Waals surface area contributed by atoms with Gasteiger partial charge in [-0.15, -0.1) is 0 Å². The summed E-state index contributed by atoms with van der Waals surface area (Å²) in [4.78, 5) is 46.8. The monoisotopic (exact) mass is 666 g/mol. The summed E-state index contributed by atoms with van der Waals surface area (Å²) in [6.45, 7) is 15.5. The summed E-state index contributed by atoms with van der Waals surface area (Å²) in [6, 6.07) is 7.84. The summed E-state index contributed by atoms with van der Waals surface area (Å²) < 4.78 is 11.5. The molecule has 0 radical (unpaired) electrons. The van der Waals surface area contributed by atoms with Crippen molar-refractivity contribution in [2.75, 3.05) is 61.3 Å². The predicted molar refractivity (Wildman–Crippen MR) is 193 cm³/mol. The molecule has 0 bridgehead atoms. The summed E-state index contributed by atoms with van der Waals surface area (Å²) in [5.74, 6) is 6.24. The van der Waals surface area contributed by atoms with Crippen molar-refractivity contribution in [3.05, 3.63) is 60.1 Å². The average molecular weight is 667 g/mol. The lowest BCUT2D eigenvalue weighted by Crippen LogP contribution is -2.38. The van der Waals surface area contributed by atoms with E-state index in [1.54, 1.807) is 27.9 Å². The maximum Gasteiger partial charge on any atom is 0.343 e. The highest BCUT2D eigenvalue weighted by molar-refractivity contribution is 6.02. The number of likely N-dealkylation sites (N-methyl/N-ethyl adjacent to an activating group) is 1. The van der Waals surface area contributed by atoms with E-state index in [0.29, 0.717) is 35.2 Å². The Morgan fingerprint density at radius 3 is 2.63 bits per heavy atom. The Balaban J connectivity index is 1.59. The predicted octanol–water partition coefficient (Wildman–Crippen LogP) is 5.64. The summed E-state index contributed by atoms with van der Waals surface area (Å²) in [5.41, 5.74) is 4.21. The zero-order valence-electron chi connectivity index (χ0n) is 29.7. The highest BCUT2D eigenvalue weighted by Crippen LogP contribution is 2.45. The van der Waals surface area contributed by atoms with Crippen molar-refractivity contribution in [3.63, 3.8) is 0 Å². The second-order valence-corrected chi connectivity index (χ2v) is 13.4. The Morgan fingerprint density at radius 2 is 1.96 bits per heavy atom. The van der Waals surface area contributed by atoms with Crippen molar-refractivity contribution >= 4 is 46.4 Å². The number of carbonyl (C=O) groups is 2. The third-order valence-electron chi connectivity index (χ3n) is 8.47. The standard InChI is InChI=1S/C37H46N8O4/c1-10-13-24-15-16-29-33(39-24)37(5,6)22-45(29)34-26(35(47)49-23(3)4)20-38-36(42-34)41-28-18-27(40-32(46)11-2)30(19-31(28)48-9)44-17-12-14-25(44)21-43(7)8/h11,15-16,18-20,23,25H,2,12,14,17,21-22H2,1,3-9H3,(H,40,46)(H,38,41,42)/t25-/m1/s1. The number of pyridine rings is 1. The van der Waals surface area contributed by atoms with Gasteiger partial charge in [-0.1, -0.05) is 26.3 Å². The first-order valence-corrected chi connectivity index (χ1v) is 16.5. The van der Waals surface area contributed by atoms with Gasteiger partial charge in [0.25, 0.3) is 0 Å². The summed E-state index contributed by atoms with van der Waals surface area (Å²) >= 11 is 0. The number of amides is 1. The SMILES string of the molecule is C=CC(=O)Nc1cc(Nc2ncc(C(=O)OC(C)C)c(N3CC(C)(C)c4nc(C#CC)ccc43)n2)c(OC)cc1N1CCC[C@@H]1CN(C)C. The van der Waals surface area contributed by atoms with Crippen LogP contribution in [0.4, 0.5) is 34.5 Å². The lowest BCUT2D eigenvalue weighted by molar-refractivity contribution is -0.111. The molecule has 258 valence electrons. The minimum atomic E-state index is -0.529. The number of rotatable bonds is 11. The fraction of sp³-hybridized carbons (Fsp3) is 0.432. The van der Waals surface area contributed by atoms with Crippen molar-refractivity contribution in [2.24, 2.45) is 0 Å². The van der Waals surface area contributed by atoms with Gasteiger partial charge in [-0.3, -0.25) is 4.79 Å². The molecule has 2 aliphatic rings. The zero-order chi connectivity index (χ0) is 35.5. The molecule has 49 heavy (non-hydrogen) atoms. The number of nitrogens with one attached hydrogen (secondary N) is 2. The molecule has 12 heteroatoms. The van der Waals surface area contributed by atoms with Crippen LogP contribution in [0.25, 0.3) is 0 Å². The van der Waals surface area contributed by atoms with Crippen LogP contribution in [0.1, 0.15) is 69.2 Å². The van der Waals surface area contributed by atoms with Crippen molar-refractivity contribution in [1.82, 2.24) is 19.9 Å². The number of aromatic nitrogens is 3. The Hall–Kier alpha value is -5.15. The van der Waals surface area contributed by atoms with Gasteiger partial charge in [0.05, 0.1) is 41.7 Å². The Morgan fingerprint density at radius 1 is 1.18 bits per heavy atom. The number of carbonyl (C=O) groups excluding carboxylic acids is 2. The first-order chi connectivity index (χ1) is 23.3. The molecule has 2 N–H and O–H groups in total. The van der Waals surface area contributed by atoms with Gasteiger partial charge in [-0.05, 0) is 77.9 Å². The quantitative estimate of drug-likeness (QED) is 0.150. The molecule has 2 aliphatic heterocycles. The van der Waals surface area contributed by atoms with Crippen molar-refractivity contribution in [3.8, 4) is 17.6 Å². The van der Waals surface area contributed by atoms with E-state index < -0.39 is 5.97 Å². The summed E-state index contributed by atoms with van der Waals surface area (Å²) in [5, 5.41) is 6.28. The van der Waals surface area contributed by atoms with Crippen molar-refractivity contribution in [2.45, 2.75) is 65.0 Å². The lowest BCUT2D eigenvalue weighted by Gasteiger charge is -2.31. The number of anilines is 6. The number of benzene rings is 1. The van der Waals surface area contributed by atoms with E-state index in [1.165, 1.54) is 12.3 Å². The molecule has 1 amide bonds. The van der Waals surface area contributed by atoms with Crippen LogP contribution in [0.5, 0.6) is 5.75 Å². The fourth-order valence-corrected chi connectivity index (χ4v) is 6.41. The van der Waals surface area contributed by atoms with Gasteiger partial charge in [0.15, 0.2) is 5.82 Å². The number of hydrogen-bond donors (Lipinski definition) is 2. The molecule has 0 saturated carbocycles. The van der Waals surface area contributed by atoms with Crippen LogP contribution in [0.2, 0.25) is 0 Å². The third-order valence-corrected chi connectivity index (χ3v) is 8.47. The van der Waals surface area contributed by atoms with Gasteiger partial charge in [0, 0.05) is 43.4 Å². The average Bonchev–Trinajstić information content (AvgIpc) is 3.61. The molecule has 2 aromatic heterocycles. The molecule has 1 fully saturated rings. The van der Waals surface area contributed by atoms with E-state index in [4.69, 9.17) is 19.4 Å². The number of nitrogens with zero attached hydrogens (tertiary/aromatic N) is 6. The molecule has 4 heterocycles. The van der Waals surface area contributed by atoms with Crippen LogP contribution >= 0.6 is 0 Å². The van der Waals surface area contributed by atoms with E-state index in [9.17, 15) is 9.59 Å². The zero-order valence-corrected chi connectivity index (χ0v) is 29.7. The first-order valence-electron chi connectivity index (χ1n) is 16.5. The van der Waals surface area contributed by atoms with Gasteiger partial charge < -0.3 is 34.8 Å². The van der Waals surface area contributed by atoms with Crippen molar-refractivity contribution < 1.29 is 19.1 Å². The number of hydrogen-bond acceptors (Lipinski definition) is 11. The third kappa shape index (κ3) is 7.62. The highest BCUT2D eigenvalue weighted by atomic mass is 16.5. The molecule has 1 aromatic carbocycles. The van der Waals surface area contributed by atoms with Crippen LogP contribution in [-0.2, 0) is 14.9 Å². The minimum Gasteiger partial charge on any atom is -0.494 e. The second kappa shape index (κ2) is 14.5. The maximum atomic E-state index is 13.4. The molecule has 5 rings (SSSR count). The molecule has 3 aromatic rings. The molecule has 0 spiro atoms. The number of esters is 1. The Kier molecular flexibility index (Phi) is 10.4. The van der Waals surface area contributed by atoms with Crippen LogP contribution in [0.15, 0.2) is 43.1 Å². The highest BCUT2D eigenvalue weighted by Gasteiger charge is 2.40. The smallest absolute Gasteiger partial charge is 0.343 e. The largest absolute Gasteiger partial charge is 0.494 e. The van der Waals surface area contributed by atoms with E-state index in [-0.39, 0.29) is 35.0 Å². The molecule has 1 atom stereocenters. The Bertz CT molecular complexity index is 1810. The molecule has 0 unspecified atom stereocenters. The van der Waals surface area contributed by atoms with E-state index in [1.807, 2.05) is 29.2 Å². The molecule has 1 saturated heterocycles. The van der Waals surface area contributed by atoms with E-state index >= 15 is 0 Å². The lowest BCUT2D eigenvalue weighted by atomic mass is 9.91. The fourth-order valence-electron chi connectivity index (χ4n) is 6.41. The molecular weight excluding hydrogens is 620 g/mol. The second-order valence-electron chi connectivity index (χ2n) is 13.4. The molecule has 0 aliphatic carbocycles. The topological polar surface area (TPSA) is 125 Å². The number of fused-ring (bicyclic) bond motifs is 1. The first kappa shape index (κ1) is 35.2. The normalized spacial score (nSPS) is 16.2. The van der Waals surface area contributed by atoms with E-state index in [0.717, 1.165) is 43.0 Å². The summed E-state index contributed by atoms with van der Waals surface area (Å²) in [7, 11) is 5.71. The van der Waals surface area contributed by atoms with Crippen LogP contribution < -0.4 is 25.2 Å². The number of ether oxygens (including phenoxy) is 2. The van der Waals surface area contributed by atoms with Crippen LogP contribution in [0.3, 0.4) is 0 Å². The summed E-state index contributed by atoms with van der Waals surface area (Å²) in [6.07, 6.45) is 4.46. The van der Waals surface area contributed by atoms with Gasteiger partial charge in [0.1, 0.15) is 17.0 Å². The van der Waals surface area contributed by atoms with Gasteiger partial charge in [-0.2, -0.15) is 4.98 Å².